The second-order valence-corrected chi connectivity index (χ2v) is 7.14. The Morgan fingerprint density at radius 1 is 1.42 bits per heavy atom. The number of nitrogens with one attached hydrogen (secondary N) is 1. The first kappa shape index (κ1) is 15.2. The van der Waals surface area contributed by atoms with E-state index in [2.05, 4.69) is 31.1 Å². The Kier molecular flexibility index (Phi) is 4.88. The molecule has 0 aromatic heterocycles. The number of hydrogen-bond donors (Lipinski definition) is 2. The third-order valence-corrected chi connectivity index (χ3v) is 4.74. The molecule has 0 amide bonds. The zero-order valence-corrected chi connectivity index (χ0v) is 12.7. The Labute approximate surface area is 117 Å². The van der Waals surface area contributed by atoms with Crippen LogP contribution in [0, 0.1) is 5.41 Å². The van der Waals surface area contributed by atoms with Crippen LogP contribution in [0.25, 0.3) is 0 Å². The van der Waals surface area contributed by atoms with Gasteiger partial charge in [0.15, 0.2) is 0 Å². The van der Waals surface area contributed by atoms with Gasteiger partial charge in [0.2, 0.25) is 0 Å². The lowest BCUT2D eigenvalue weighted by Crippen LogP contribution is -2.54. The molecule has 4 nitrogen and oxygen atoms in total. The van der Waals surface area contributed by atoms with Crippen molar-refractivity contribution in [3.63, 3.8) is 0 Å². The van der Waals surface area contributed by atoms with Crippen molar-refractivity contribution in [1.29, 1.82) is 0 Å². The maximum atomic E-state index is 9.52. The van der Waals surface area contributed by atoms with Gasteiger partial charge in [-0.3, -0.25) is 4.90 Å². The Morgan fingerprint density at radius 2 is 2.16 bits per heavy atom. The molecule has 112 valence electrons. The molecule has 1 heterocycles. The molecule has 1 saturated carbocycles. The molecule has 19 heavy (non-hydrogen) atoms. The SMILES string of the molecule is CN(CC1(CNC2CC2)CCCOC1)C(C)(C)CO. The van der Waals surface area contributed by atoms with E-state index in [-0.39, 0.29) is 17.6 Å². The van der Waals surface area contributed by atoms with Gasteiger partial charge in [-0.2, -0.15) is 0 Å². The van der Waals surface area contributed by atoms with Crippen LogP contribution in [0.5, 0.6) is 0 Å². The van der Waals surface area contributed by atoms with Crippen molar-refractivity contribution in [1.82, 2.24) is 10.2 Å². The molecule has 0 radical (unpaired) electrons. The van der Waals surface area contributed by atoms with Crippen LogP contribution < -0.4 is 5.32 Å². The van der Waals surface area contributed by atoms with Gasteiger partial charge in [0, 0.05) is 36.7 Å². The van der Waals surface area contributed by atoms with Gasteiger partial charge in [-0.05, 0) is 46.6 Å². The molecule has 1 saturated heterocycles. The summed E-state index contributed by atoms with van der Waals surface area (Å²) in [6.45, 7) is 8.16. The van der Waals surface area contributed by atoms with Crippen molar-refractivity contribution in [2.24, 2.45) is 5.41 Å². The third-order valence-electron chi connectivity index (χ3n) is 4.74. The maximum Gasteiger partial charge on any atom is 0.0609 e. The quantitative estimate of drug-likeness (QED) is 0.730. The predicted molar refractivity (Wildman–Crippen MR) is 77.3 cm³/mol. The third kappa shape index (κ3) is 4.15. The Balaban J connectivity index is 1.95. The molecule has 2 N–H and O–H groups in total. The zero-order valence-electron chi connectivity index (χ0n) is 12.7. The van der Waals surface area contributed by atoms with Crippen LogP contribution in [0.4, 0.5) is 0 Å². The fourth-order valence-corrected chi connectivity index (χ4v) is 2.72. The zero-order chi connectivity index (χ0) is 13.9. The Bertz CT molecular complexity index is 284. The van der Waals surface area contributed by atoms with E-state index in [0.29, 0.717) is 0 Å². The van der Waals surface area contributed by atoms with Gasteiger partial charge in [-0.1, -0.05) is 0 Å². The van der Waals surface area contributed by atoms with Crippen LogP contribution in [0.15, 0.2) is 0 Å². The molecule has 4 heteroatoms. The van der Waals surface area contributed by atoms with Gasteiger partial charge in [-0.25, -0.2) is 0 Å². The molecule has 0 spiro atoms. The topological polar surface area (TPSA) is 44.7 Å². The van der Waals surface area contributed by atoms with Crippen LogP contribution >= 0.6 is 0 Å². The number of nitrogens with zero attached hydrogens (tertiary/aromatic N) is 1. The average molecular weight is 270 g/mol. The summed E-state index contributed by atoms with van der Waals surface area (Å²) in [5.41, 5.74) is 0.0477. The van der Waals surface area contributed by atoms with Crippen LogP contribution in [-0.2, 0) is 4.74 Å². The first-order valence-corrected chi connectivity index (χ1v) is 7.61. The average Bonchev–Trinajstić information content (AvgIpc) is 3.21. The number of aliphatic hydroxyl groups excluding tert-OH is 1. The van der Waals surface area contributed by atoms with E-state index in [4.69, 9.17) is 4.74 Å². The van der Waals surface area contributed by atoms with E-state index < -0.39 is 0 Å². The lowest BCUT2D eigenvalue weighted by Gasteiger charge is -2.44. The Hall–Kier alpha value is -0.160. The molecule has 0 aromatic rings. The van der Waals surface area contributed by atoms with Crippen molar-refractivity contribution in [2.75, 3.05) is 40.0 Å². The van der Waals surface area contributed by atoms with Crippen molar-refractivity contribution in [3.8, 4) is 0 Å². The lowest BCUT2D eigenvalue weighted by molar-refractivity contribution is -0.0438. The van der Waals surface area contributed by atoms with Gasteiger partial charge in [0.25, 0.3) is 0 Å². The molecule has 2 fully saturated rings. The van der Waals surface area contributed by atoms with Crippen molar-refractivity contribution in [2.45, 2.75) is 51.1 Å². The number of hydrogen-bond acceptors (Lipinski definition) is 4. The molecule has 2 rings (SSSR count). The van der Waals surface area contributed by atoms with E-state index in [1.54, 1.807) is 0 Å². The summed E-state index contributed by atoms with van der Waals surface area (Å²) in [5, 5.41) is 13.2. The van der Waals surface area contributed by atoms with Crippen LogP contribution in [-0.4, -0.2) is 61.5 Å². The Morgan fingerprint density at radius 3 is 2.68 bits per heavy atom. The second kappa shape index (κ2) is 6.08. The first-order chi connectivity index (χ1) is 8.97. The van der Waals surface area contributed by atoms with E-state index >= 15 is 0 Å². The summed E-state index contributed by atoms with van der Waals surface area (Å²) in [6, 6.07) is 0.745. The summed E-state index contributed by atoms with van der Waals surface area (Å²) in [7, 11) is 2.11. The first-order valence-electron chi connectivity index (χ1n) is 7.61. The molecule has 1 aliphatic heterocycles. The molecule has 2 aliphatic rings. The number of aliphatic hydroxyl groups is 1. The van der Waals surface area contributed by atoms with E-state index in [9.17, 15) is 5.11 Å². The van der Waals surface area contributed by atoms with Gasteiger partial charge in [0.1, 0.15) is 0 Å². The largest absolute Gasteiger partial charge is 0.394 e. The second-order valence-electron chi connectivity index (χ2n) is 7.14. The highest BCUT2D eigenvalue weighted by Crippen LogP contribution is 2.32. The van der Waals surface area contributed by atoms with E-state index in [1.807, 2.05) is 0 Å². The van der Waals surface area contributed by atoms with Gasteiger partial charge < -0.3 is 15.2 Å². The van der Waals surface area contributed by atoms with Crippen LogP contribution in [0.3, 0.4) is 0 Å². The highest BCUT2D eigenvalue weighted by Gasteiger charge is 2.38. The van der Waals surface area contributed by atoms with Crippen LogP contribution in [0.1, 0.15) is 39.5 Å². The molecule has 0 bridgehead atoms. The van der Waals surface area contributed by atoms with Crippen molar-refractivity contribution < 1.29 is 9.84 Å². The summed E-state index contributed by atoms with van der Waals surface area (Å²) < 4.78 is 5.76. The van der Waals surface area contributed by atoms with E-state index in [0.717, 1.165) is 38.8 Å². The summed E-state index contributed by atoms with van der Waals surface area (Å²) in [5.74, 6) is 0. The summed E-state index contributed by atoms with van der Waals surface area (Å²) in [4.78, 5) is 2.29. The minimum Gasteiger partial charge on any atom is -0.394 e. The summed E-state index contributed by atoms with van der Waals surface area (Å²) in [6.07, 6.45) is 5.03. The van der Waals surface area contributed by atoms with E-state index in [1.165, 1.54) is 19.3 Å². The molecule has 1 unspecified atom stereocenters. The summed E-state index contributed by atoms with van der Waals surface area (Å²) >= 11 is 0. The lowest BCUT2D eigenvalue weighted by atomic mass is 9.80. The predicted octanol–water partition coefficient (Wildman–Crippen LogP) is 1.24. The molecule has 0 aromatic carbocycles. The molecule has 1 aliphatic carbocycles. The smallest absolute Gasteiger partial charge is 0.0609 e. The van der Waals surface area contributed by atoms with Crippen molar-refractivity contribution >= 4 is 0 Å². The normalized spacial score (nSPS) is 28.9. The fraction of sp³-hybridized carbons (Fsp3) is 1.00. The number of ether oxygens (including phenoxy) is 1. The molecular formula is C15H30N2O2. The number of rotatable bonds is 7. The minimum absolute atomic E-state index is 0.163. The fourth-order valence-electron chi connectivity index (χ4n) is 2.72. The number of likely N-dealkylation sites (N-methyl/N-ethyl adjacent to an activating group) is 1. The highest BCUT2D eigenvalue weighted by molar-refractivity contribution is 4.93. The van der Waals surface area contributed by atoms with Crippen LogP contribution in [0.2, 0.25) is 0 Å². The van der Waals surface area contributed by atoms with Gasteiger partial charge in [-0.15, -0.1) is 0 Å². The molecular weight excluding hydrogens is 240 g/mol. The highest BCUT2D eigenvalue weighted by atomic mass is 16.5. The molecule has 1 atom stereocenters. The standard InChI is InChI=1S/C15H30N2O2/c1-14(2,11-18)17(3)10-15(7-4-8-19-12-15)9-16-13-5-6-13/h13,16,18H,4-12H2,1-3H3. The maximum absolute atomic E-state index is 9.52. The monoisotopic (exact) mass is 270 g/mol. The minimum atomic E-state index is -0.163. The van der Waals surface area contributed by atoms with Crippen molar-refractivity contribution in [3.05, 3.63) is 0 Å². The van der Waals surface area contributed by atoms with Gasteiger partial charge in [0.05, 0.1) is 13.2 Å². The van der Waals surface area contributed by atoms with Gasteiger partial charge >= 0.3 is 0 Å².